The highest BCUT2D eigenvalue weighted by Gasteiger charge is 2.19. The fourth-order valence-corrected chi connectivity index (χ4v) is 2.35. The number of benzene rings is 1. The van der Waals surface area contributed by atoms with Crippen molar-refractivity contribution in [2.24, 2.45) is 0 Å². The number of anilines is 1. The number of amides is 1. The van der Waals surface area contributed by atoms with Crippen LogP contribution >= 0.6 is 0 Å². The molecule has 1 aliphatic rings. The summed E-state index contributed by atoms with van der Waals surface area (Å²) in [4.78, 5) is 22.5. The number of hydrogen-bond donors (Lipinski definition) is 2. The van der Waals surface area contributed by atoms with Crippen LogP contribution in [0.5, 0.6) is 0 Å². The number of morpholine rings is 1. The lowest BCUT2D eigenvalue weighted by molar-refractivity contribution is -0.385. The first kappa shape index (κ1) is 15.4. The van der Waals surface area contributed by atoms with Gasteiger partial charge in [-0.3, -0.25) is 14.9 Å². The first-order valence-corrected chi connectivity index (χ1v) is 6.84. The zero-order chi connectivity index (χ0) is 15.4. The van der Waals surface area contributed by atoms with Gasteiger partial charge in [-0.25, -0.2) is 0 Å². The number of carbonyl (C=O) groups is 1. The molecule has 7 heteroatoms. The third-order valence-corrected chi connectivity index (χ3v) is 3.44. The predicted octanol–water partition coefficient (Wildman–Crippen LogP) is 1.53. The Balaban J connectivity index is 2.06. The summed E-state index contributed by atoms with van der Waals surface area (Å²) in [6, 6.07) is 3.10. The molecular weight excluding hydrogens is 274 g/mol. The molecule has 1 aliphatic heterocycles. The first-order valence-electron chi connectivity index (χ1n) is 6.84. The average Bonchev–Trinajstić information content (AvgIpc) is 2.42. The lowest BCUT2D eigenvalue weighted by Gasteiger charge is -2.23. The van der Waals surface area contributed by atoms with E-state index in [1.807, 2.05) is 6.92 Å². The number of rotatable bonds is 4. The van der Waals surface area contributed by atoms with Crippen molar-refractivity contribution < 1.29 is 14.5 Å². The van der Waals surface area contributed by atoms with Gasteiger partial charge in [0.25, 0.3) is 5.69 Å². The van der Waals surface area contributed by atoms with E-state index in [2.05, 4.69) is 10.6 Å². The van der Waals surface area contributed by atoms with Crippen molar-refractivity contribution >= 4 is 17.3 Å². The molecular formula is C14H19N3O4. The SMILES string of the molecule is Cc1cc(C)c([N+](=O)[O-])cc1NC(=O)CC1COCCN1. The van der Waals surface area contributed by atoms with E-state index in [9.17, 15) is 14.9 Å². The second kappa shape index (κ2) is 6.64. The van der Waals surface area contributed by atoms with Crippen LogP contribution in [0.2, 0.25) is 0 Å². The molecule has 1 aromatic rings. The van der Waals surface area contributed by atoms with Gasteiger partial charge < -0.3 is 15.4 Å². The smallest absolute Gasteiger partial charge is 0.274 e. The number of carbonyl (C=O) groups excluding carboxylic acids is 1. The molecule has 0 radical (unpaired) electrons. The minimum absolute atomic E-state index is 0.00928. The Hall–Kier alpha value is -1.99. The van der Waals surface area contributed by atoms with Crippen LogP contribution in [-0.4, -0.2) is 36.6 Å². The van der Waals surface area contributed by atoms with Gasteiger partial charge in [0.05, 0.1) is 23.8 Å². The zero-order valence-electron chi connectivity index (χ0n) is 12.1. The summed E-state index contributed by atoms with van der Waals surface area (Å²) in [6.07, 6.45) is 0.279. The molecule has 114 valence electrons. The summed E-state index contributed by atoms with van der Waals surface area (Å²) in [7, 11) is 0. The topological polar surface area (TPSA) is 93.5 Å². The molecule has 1 atom stereocenters. The molecule has 2 N–H and O–H groups in total. The second-order valence-electron chi connectivity index (χ2n) is 5.19. The van der Waals surface area contributed by atoms with Crippen molar-refractivity contribution in [1.29, 1.82) is 0 Å². The molecule has 0 bridgehead atoms. The molecule has 0 aliphatic carbocycles. The third kappa shape index (κ3) is 3.99. The minimum Gasteiger partial charge on any atom is -0.378 e. The summed E-state index contributed by atoms with van der Waals surface area (Å²) in [6.45, 7) is 5.38. The third-order valence-electron chi connectivity index (χ3n) is 3.44. The maximum Gasteiger partial charge on any atom is 0.274 e. The molecule has 0 saturated carbocycles. The Kier molecular flexibility index (Phi) is 4.87. The Morgan fingerprint density at radius 1 is 1.48 bits per heavy atom. The Morgan fingerprint density at radius 3 is 2.86 bits per heavy atom. The number of nitro benzene ring substituents is 1. The number of nitrogens with one attached hydrogen (secondary N) is 2. The van der Waals surface area contributed by atoms with Gasteiger partial charge in [-0.05, 0) is 25.5 Å². The normalized spacial score (nSPS) is 18.3. The van der Waals surface area contributed by atoms with Crippen LogP contribution in [-0.2, 0) is 9.53 Å². The fraction of sp³-hybridized carbons (Fsp3) is 0.500. The van der Waals surface area contributed by atoms with E-state index >= 15 is 0 Å². The molecule has 1 saturated heterocycles. The molecule has 1 amide bonds. The van der Waals surface area contributed by atoms with Crippen LogP contribution in [0.1, 0.15) is 17.5 Å². The molecule has 1 heterocycles. The van der Waals surface area contributed by atoms with E-state index in [-0.39, 0.29) is 24.1 Å². The van der Waals surface area contributed by atoms with E-state index in [1.54, 1.807) is 13.0 Å². The molecule has 1 unspecified atom stereocenters. The maximum atomic E-state index is 12.0. The number of nitrogens with zero attached hydrogens (tertiary/aromatic N) is 1. The monoisotopic (exact) mass is 293 g/mol. The van der Waals surface area contributed by atoms with E-state index in [0.29, 0.717) is 24.5 Å². The van der Waals surface area contributed by atoms with Gasteiger partial charge in [0.1, 0.15) is 0 Å². The van der Waals surface area contributed by atoms with E-state index in [0.717, 1.165) is 12.1 Å². The molecule has 1 fully saturated rings. The molecule has 2 rings (SSSR count). The molecule has 0 aromatic heterocycles. The van der Waals surface area contributed by atoms with Gasteiger partial charge in [0.2, 0.25) is 5.91 Å². The average molecular weight is 293 g/mol. The lowest BCUT2D eigenvalue weighted by Crippen LogP contribution is -2.43. The maximum absolute atomic E-state index is 12.0. The summed E-state index contributed by atoms with van der Waals surface area (Å²) in [5.74, 6) is -0.181. The Labute approximate surface area is 122 Å². The molecule has 0 spiro atoms. The van der Waals surface area contributed by atoms with Crippen LogP contribution in [0.4, 0.5) is 11.4 Å². The predicted molar refractivity (Wildman–Crippen MR) is 78.4 cm³/mol. The van der Waals surface area contributed by atoms with Gasteiger partial charge in [0, 0.05) is 30.6 Å². The summed E-state index contributed by atoms with van der Waals surface area (Å²) in [5.41, 5.74) is 1.88. The summed E-state index contributed by atoms with van der Waals surface area (Å²) < 4.78 is 5.29. The number of ether oxygens (including phenoxy) is 1. The van der Waals surface area contributed by atoms with Crippen LogP contribution in [0.3, 0.4) is 0 Å². The van der Waals surface area contributed by atoms with Crippen LogP contribution in [0, 0.1) is 24.0 Å². The Bertz CT molecular complexity index is 553. The summed E-state index contributed by atoms with van der Waals surface area (Å²) in [5, 5.41) is 16.9. The van der Waals surface area contributed by atoms with Crippen molar-refractivity contribution in [3.63, 3.8) is 0 Å². The van der Waals surface area contributed by atoms with Gasteiger partial charge >= 0.3 is 0 Å². The Morgan fingerprint density at radius 2 is 2.24 bits per heavy atom. The van der Waals surface area contributed by atoms with Crippen molar-refractivity contribution in [2.45, 2.75) is 26.3 Å². The zero-order valence-corrected chi connectivity index (χ0v) is 12.1. The molecule has 1 aromatic carbocycles. The quantitative estimate of drug-likeness (QED) is 0.648. The van der Waals surface area contributed by atoms with Crippen LogP contribution in [0.15, 0.2) is 12.1 Å². The van der Waals surface area contributed by atoms with Gasteiger partial charge in [-0.2, -0.15) is 0 Å². The van der Waals surface area contributed by atoms with Gasteiger partial charge in [0.15, 0.2) is 0 Å². The van der Waals surface area contributed by atoms with Gasteiger partial charge in [-0.15, -0.1) is 0 Å². The van der Waals surface area contributed by atoms with Crippen molar-refractivity contribution in [1.82, 2.24) is 5.32 Å². The molecule has 7 nitrogen and oxygen atoms in total. The fourth-order valence-electron chi connectivity index (χ4n) is 2.35. The standard InChI is InChI=1S/C14H19N3O4/c1-9-5-10(2)13(17(19)20)7-12(9)16-14(18)6-11-8-21-4-3-15-11/h5,7,11,15H,3-4,6,8H2,1-2H3,(H,16,18). The summed E-state index contributed by atoms with van der Waals surface area (Å²) >= 11 is 0. The van der Waals surface area contributed by atoms with Gasteiger partial charge in [-0.1, -0.05) is 0 Å². The lowest BCUT2D eigenvalue weighted by atomic mass is 10.1. The van der Waals surface area contributed by atoms with E-state index in [4.69, 9.17) is 4.74 Å². The second-order valence-corrected chi connectivity index (χ2v) is 5.19. The van der Waals surface area contributed by atoms with E-state index in [1.165, 1.54) is 6.07 Å². The van der Waals surface area contributed by atoms with Crippen molar-refractivity contribution in [3.8, 4) is 0 Å². The molecule has 21 heavy (non-hydrogen) atoms. The van der Waals surface area contributed by atoms with Crippen LogP contribution in [0.25, 0.3) is 0 Å². The van der Waals surface area contributed by atoms with Crippen molar-refractivity contribution in [3.05, 3.63) is 33.4 Å². The number of aryl methyl sites for hydroxylation is 2. The van der Waals surface area contributed by atoms with Crippen molar-refractivity contribution in [2.75, 3.05) is 25.1 Å². The van der Waals surface area contributed by atoms with E-state index < -0.39 is 4.92 Å². The highest BCUT2D eigenvalue weighted by Crippen LogP contribution is 2.26. The largest absolute Gasteiger partial charge is 0.378 e. The minimum atomic E-state index is -0.443. The highest BCUT2D eigenvalue weighted by atomic mass is 16.6. The highest BCUT2D eigenvalue weighted by molar-refractivity contribution is 5.92. The number of hydrogen-bond acceptors (Lipinski definition) is 5. The first-order chi connectivity index (χ1) is 9.97. The van der Waals surface area contributed by atoms with Crippen LogP contribution < -0.4 is 10.6 Å². The number of nitro groups is 1.